The highest BCUT2D eigenvalue weighted by Crippen LogP contribution is 2.34. The van der Waals surface area contributed by atoms with Gasteiger partial charge in [0, 0.05) is 26.2 Å². The maximum absolute atomic E-state index is 12.5. The van der Waals surface area contributed by atoms with Crippen LogP contribution in [0.5, 0.6) is 0 Å². The lowest BCUT2D eigenvalue weighted by Gasteiger charge is -2.37. The molecule has 0 aromatic carbocycles. The predicted molar refractivity (Wildman–Crippen MR) is 120 cm³/mol. The quantitative estimate of drug-likeness (QED) is 0.518. The summed E-state index contributed by atoms with van der Waals surface area (Å²) < 4.78 is 6.20. The van der Waals surface area contributed by atoms with E-state index >= 15 is 0 Å². The molecule has 3 saturated heterocycles. The Hall–Kier alpha value is -1.71. The van der Waals surface area contributed by atoms with Crippen molar-refractivity contribution in [2.75, 3.05) is 45.8 Å². The van der Waals surface area contributed by atoms with Crippen LogP contribution in [-0.2, 0) is 19.1 Å². The summed E-state index contributed by atoms with van der Waals surface area (Å²) in [6.45, 7) is 7.12. The molecule has 4 rings (SSSR count). The van der Waals surface area contributed by atoms with Gasteiger partial charge < -0.3 is 30.1 Å². The lowest BCUT2D eigenvalue weighted by Crippen LogP contribution is -2.44. The van der Waals surface area contributed by atoms with Crippen molar-refractivity contribution in [1.82, 2.24) is 15.1 Å². The molecule has 3 atom stereocenters. The maximum Gasteiger partial charge on any atom is 0.290 e. The van der Waals surface area contributed by atoms with Crippen molar-refractivity contribution >= 4 is 18.9 Å². The number of carbonyl (C=O) groups excluding carboxylic acids is 1. The van der Waals surface area contributed by atoms with E-state index in [0.29, 0.717) is 5.92 Å². The lowest BCUT2D eigenvalue weighted by molar-refractivity contribution is -0.133. The van der Waals surface area contributed by atoms with Crippen molar-refractivity contribution in [1.29, 1.82) is 0 Å². The van der Waals surface area contributed by atoms with Crippen LogP contribution in [0.1, 0.15) is 57.8 Å². The summed E-state index contributed by atoms with van der Waals surface area (Å²) in [5.74, 6) is 1.61. The van der Waals surface area contributed by atoms with Gasteiger partial charge in [-0.2, -0.15) is 0 Å². The Balaban J connectivity index is 0.000000547. The molecule has 1 aliphatic carbocycles. The number of nitrogens with one attached hydrogen (secondary N) is 1. The van der Waals surface area contributed by atoms with E-state index in [1.54, 1.807) is 0 Å². The van der Waals surface area contributed by atoms with E-state index in [4.69, 9.17) is 24.5 Å². The Kier molecular flexibility index (Phi) is 12.6. The zero-order valence-corrected chi connectivity index (χ0v) is 19.2. The van der Waals surface area contributed by atoms with Crippen molar-refractivity contribution in [2.45, 2.75) is 70.0 Å². The molecule has 0 bridgehead atoms. The number of likely N-dealkylation sites (tertiary alicyclic amines) is 2. The van der Waals surface area contributed by atoms with E-state index in [2.05, 4.69) is 15.1 Å². The Morgan fingerprint density at radius 2 is 1.59 bits per heavy atom. The van der Waals surface area contributed by atoms with Gasteiger partial charge >= 0.3 is 0 Å². The third-order valence-corrected chi connectivity index (χ3v) is 7.10. The number of piperidine rings is 1. The summed E-state index contributed by atoms with van der Waals surface area (Å²) in [5.41, 5.74) is 0. The van der Waals surface area contributed by atoms with Gasteiger partial charge in [-0.25, -0.2) is 0 Å². The van der Waals surface area contributed by atoms with Crippen molar-refractivity contribution < 1.29 is 29.3 Å². The molecule has 3 N–H and O–H groups in total. The Bertz CT molecular complexity index is 546. The van der Waals surface area contributed by atoms with Gasteiger partial charge in [0.15, 0.2) is 0 Å². The Morgan fingerprint density at radius 3 is 2.25 bits per heavy atom. The molecule has 3 heterocycles. The maximum atomic E-state index is 12.5. The summed E-state index contributed by atoms with van der Waals surface area (Å²) in [6, 6.07) is 0. The van der Waals surface area contributed by atoms with Gasteiger partial charge in [-0.1, -0.05) is 19.3 Å². The number of hydrogen-bond donors (Lipinski definition) is 3. The van der Waals surface area contributed by atoms with Crippen LogP contribution in [0.2, 0.25) is 0 Å². The average Bonchev–Trinajstić information content (AvgIpc) is 3.45. The summed E-state index contributed by atoms with van der Waals surface area (Å²) in [7, 11) is 0. The zero-order valence-electron chi connectivity index (χ0n) is 19.2. The van der Waals surface area contributed by atoms with Gasteiger partial charge in [-0.05, 0) is 70.0 Å². The molecule has 4 fully saturated rings. The second-order valence-electron chi connectivity index (χ2n) is 9.26. The molecule has 0 unspecified atom stereocenters. The van der Waals surface area contributed by atoms with Crippen LogP contribution < -0.4 is 5.32 Å². The van der Waals surface area contributed by atoms with Gasteiger partial charge in [-0.15, -0.1) is 0 Å². The Morgan fingerprint density at radius 1 is 0.938 bits per heavy atom. The molecular formula is C23H41N3O6. The summed E-state index contributed by atoms with van der Waals surface area (Å²) >= 11 is 0. The van der Waals surface area contributed by atoms with E-state index in [-0.39, 0.29) is 31.1 Å². The largest absolute Gasteiger partial charge is 0.483 e. The van der Waals surface area contributed by atoms with Gasteiger partial charge in [-0.3, -0.25) is 14.4 Å². The molecule has 0 radical (unpaired) electrons. The SMILES string of the molecule is O=C(NCCN1CCCC1)[C@H]1C[C@@H]2CCN(CC3CCCCC3)C[C@@H]2O1.O=CO.O=CO. The highest BCUT2D eigenvalue weighted by atomic mass is 16.5. The highest BCUT2D eigenvalue weighted by Gasteiger charge is 2.42. The predicted octanol–water partition coefficient (Wildman–Crippen LogP) is 1.66. The number of hydrogen-bond acceptors (Lipinski definition) is 6. The summed E-state index contributed by atoms with van der Waals surface area (Å²) in [6.07, 6.45) is 11.9. The van der Waals surface area contributed by atoms with Crippen molar-refractivity contribution in [3.8, 4) is 0 Å². The molecule has 3 aliphatic heterocycles. The molecule has 9 heteroatoms. The summed E-state index contributed by atoms with van der Waals surface area (Å²) in [5, 5.41) is 16.9. The van der Waals surface area contributed by atoms with Crippen LogP contribution in [0.25, 0.3) is 0 Å². The van der Waals surface area contributed by atoms with Crippen LogP contribution >= 0.6 is 0 Å². The number of carbonyl (C=O) groups is 3. The van der Waals surface area contributed by atoms with Crippen molar-refractivity contribution in [3.63, 3.8) is 0 Å². The van der Waals surface area contributed by atoms with E-state index in [9.17, 15) is 4.79 Å². The molecule has 184 valence electrons. The molecule has 0 aromatic rings. The standard InChI is InChI=1S/C21H37N3O2.2CH2O2/c25-21(22-9-13-23-10-4-5-11-23)19-14-18-8-12-24(16-20(18)26-19)15-17-6-2-1-3-7-17;2*2-1-3/h17-20H,1-16H2,(H,22,25);2*1H,(H,2,3)/t18-,19+,20-;;/m0../s1. The third-order valence-electron chi connectivity index (χ3n) is 7.10. The molecular weight excluding hydrogens is 414 g/mol. The second kappa shape index (κ2) is 15.2. The number of rotatable bonds is 6. The number of carboxylic acid groups (broad SMARTS) is 2. The van der Waals surface area contributed by atoms with Crippen molar-refractivity contribution in [2.24, 2.45) is 11.8 Å². The zero-order chi connectivity index (χ0) is 23.2. The first-order valence-electron chi connectivity index (χ1n) is 12.1. The van der Waals surface area contributed by atoms with Gasteiger partial charge in [0.1, 0.15) is 6.10 Å². The second-order valence-corrected chi connectivity index (χ2v) is 9.26. The van der Waals surface area contributed by atoms with E-state index in [1.165, 1.54) is 77.5 Å². The van der Waals surface area contributed by atoms with Crippen LogP contribution in [-0.4, -0.2) is 96.9 Å². The monoisotopic (exact) mass is 455 g/mol. The van der Waals surface area contributed by atoms with Gasteiger partial charge in [0.2, 0.25) is 5.91 Å². The third kappa shape index (κ3) is 9.03. The van der Waals surface area contributed by atoms with Gasteiger partial charge in [0.05, 0.1) is 6.10 Å². The fraction of sp³-hybridized carbons (Fsp3) is 0.870. The van der Waals surface area contributed by atoms with Crippen molar-refractivity contribution in [3.05, 3.63) is 0 Å². The Labute approximate surface area is 191 Å². The molecule has 4 aliphatic rings. The fourth-order valence-electron chi connectivity index (χ4n) is 5.52. The number of nitrogens with zero attached hydrogens (tertiary/aromatic N) is 2. The molecule has 32 heavy (non-hydrogen) atoms. The van der Waals surface area contributed by atoms with E-state index in [1.807, 2.05) is 0 Å². The average molecular weight is 456 g/mol. The summed E-state index contributed by atoms with van der Waals surface area (Å²) in [4.78, 5) is 34.3. The van der Waals surface area contributed by atoms with Crippen LogP contribution in [0, 0.1) is 11.8 Å². The highest BCUT2D eigenvalue weighted by molar-refractivity contribution is 5.81. The minimum absolute atomic E-state index is 0.123. The smallest absolute Gasteiger partial charge is 0.290 e. The molecule has 1 saturated carbocycles. The number of ether oxygens (including phenoxy) is 1. The van der Waals surface area contributed by atoms with E-state index in [0.717, 1.165) is 32.0 Å². The molecule has 1 amide bonds. The van der Waals surface area contributed by atoms with E-state index < -0.39 is 0 Å². The topological polar surface area (TPSA) is 119 Å². The van der Waals surface area contributed by atoms with Crippen LogP contribution in [0.4, 0.5) is 0 Å². The van der Waals surface area contributed by atoms with Gasteiger partial charge in [0.25, 0.3) is 12.9 Å². The first-order valence-corrected chi connectivity index (χ1v) is 12.1. The molecule has 9 nitrogen and oxygen atoms in total. The number of fused-ring (bicyclic) bond motifs is 1. The minimum atomic E-state index is -0.250. The minimum Gasteiger partial charge on any atom is -0.483 e. The first kappa shape index (κ1) is 26.5. The molecule has 0 spiro atoms. The van der Waals surface area contributed by atoms with Crippen LogP contribution in [0.15, 0.2) is 0 Å². The lowest BCUT2D eigenvalue weighted by atomic mass is 9.87. The van der Waals surface area contributed by atoms with Crippen LogP contribution in [0.3, 0.4) is 0 Å². The molecule has 0 aromatic heterocycles. The number of amides is 1. The normalized spacial score (nSPS) is 28.4. The first-order chi connectivity index (χ1) is 15.6. The fourth-order valence-corrected chi connectivity index (χ4v) is 5.52.